The molecule has 0 spiro atoms. The molecule has 0 radical (unpaired) electrons. The number of hydrogen-bond donors (Lipinski definition) is 1. The summed E-state index contributed by atoms with van der Waals surface area (Å²) in [5.74, 6) is 3.31. The third kappa shape index (κ3) is 3.33. The van der Waals surface area contributed by atoms with Crippen LogP contribution in [0.1, 0.15) is 12.8 Å². The quantitative estimate of drug-likeness (QED) is 0.899. The fraction of sp³-hybridized carbons (Fsp3) is 0.524. The van der Waals surface area contributed by atoms with E-state index in [2.05, 4.69) is 44.7 Å². The molecule has 2 aromatic rings. The van der Waals surface area contributed by atoms with Gasteiger partial charge in [-0.2, -0.15) is 0 Å². The zero-order valence-electron chi connectivity index (χ0n) is 15.1. The molecule has 2 saturated heterocycles. The van der Waals surface area contributed by atoms with E-state index in [0.29, 0.717) is 6.04 Å². The molecule has 2 aliphatic heterocycles. The summed E-state index contributed by atoms with van der Waals surface area (Å²) < 4.78 is 5.47. The third-order valence-corrected chi connectivity index (χ3v) is 6.18. The van der Waals surface area contributed by atoms with Gasteiger partial charge >= 0.3 is 0 Å². The molecule has 1 aliphatic carbocycles. The molecular formula is C21H26N4O. The van der Waals surface area contributed by atoms with Crippen molar-refractivity contribution in [3.05, 3.63) is 42.5 Å². The van der Waals surface area contributed by atoms with Crippen molar-refractivity contribution in [1.82, 2.24) is 15.1 Å². The van der Waals surface area contributed by atoms with Crippen LogP contribution in [0.4, 0.5) is 5.82 Å². The Bertz CT molecular complexity index is 717. The van der Waals surface area contributed by atoms with Gasteiger partial charge in [0, 0.05) is 44.5 Å². The van der Waals surface area contributed by atoms with Crippen LogP contribution in [0.5, 0.6) is 0 Å². The molecule has 3 heterocycles. The Hall–Kier alpha value is -1.98. The number of nitrogens with one attached hydrogen (secondary N) is 1. The summed E-state index contributed by atoms with van der Waals surface area (Å²) in [7, 11) is 0. The number of aromatic nitrogens is 2. The van der Waals surface area contributed by atoms with Gasteiger partial charge in [-0.15, -0.1) is 10.2 Å². The molecule has 5 heteroatoms. The number of benzene rings is 1. The lowest BCUT2D eigenvalue weighted by Gasteiger charge is -2.28. The smallest absolute Gasteiger partial charge is 0.148 e. The molecule has 1 aromatic carbocycles. The summed E-state index contributed by atoms with van der Waals surface area (Å²) in [5, 5.41) is 12.4. The molecule has 3 aliphatic rings. The first-order valence-electron chi connectivity index (χ1n) is 9.82. The van der Waals surface area contributed by atoms with E-state index in [1.54, 1.807) is 0 Å². The van der Waals surface area contributed by atoms with Gasteiger partial charge in [0.25, 0.3) is 0 Å². The van der Waals surface area contributed by atoms with E-state index in [1.807, 2.05) is 18.2 Å². The van der Waals surface area contributed by atoms with E-state index in [-0.39, 0.29) is 0 Å². The molecule has 5 rings (SSSR count). The van der Waals surface area contributed by atoms with Gasteiger partial charge in [-0.05, 0) is 42.7 Å². The predicted molar refractivity (Wildman–Crippen MR) is 102 cm³/mol. The van der Waals surface area contributed by atoms with Crippen molar-refractivity contribution in [3.63, 3.8) is 0 Å². The normalized spacial score (nSPS) is 28.7. The Balaban J connectivity index is 1.12. The van der Waals surface area contributed by atoms with Crippen LogP contribution in [-0.4, -0.2) is 54.0 Å². The summed E-state index contributed by atoms with van der Waals surface area (Å²) >= 11 is 0. The van der Waals surface area contributed by atoms with E-state index in [1.165, 1.54) is 32.5 Å². The van der Waals surface area contributed by atoms with Crippen LogP contribution >= 0.6 is 0 Å². The lowest BCUT2D eigenvalue weighted by molar-refractivity contribution is 0.0540. The molecule has 0 amide bonds. The monoisotopic (exact) mass is 350 g/mol. The standard InChI is InChI=1S/C21H26N4O/c1-2-4-16(5-3-1)19-6-7-20(24-23-19)22-21-17-13-25(14-18(17)21)12-15-8-10-26-11-9-15/h1-7,15,17-18,21H,8-14H2,(H,22,24)/t17-,18+,21?. The highest BCUT2D eigenvalue weighted by Gasteiger charge is 2.55. The number of anilines is 1. The Morgan fingerprint density at radius 2 is 1.73 bits per heavy atom. The molecule has 5 nitrogen and oxygen atoms in total. The zero-order valence-corrected chi connectivity index (χ0v) is 15.1. The van der Waals surface area contributed by atoms with Crippen LogP contribution in [-0.2, 0) is 4.74 Å². The van der Waals surface area contributed by atoms with Crippen LogP contribution in [0.2, 0.25) is 0 Å². The minimum Gasteiger partial charge on any atom is -0.381 e. The topological polar surface area (TPSA) is 50.3 Å². The summed E-state index contributed by atoms with van der Waals surface area (Å²) in [6.07, 6.45) is 2.47. The highest BCUT2D eigenvalue weighted by molar-refractivity contribution is 5.59. The second-order valence-corrected chi connectivity index (χ2v) is 7.94. The molecule has 3 atom stereocenters. The highest BCUT2D eigenvalue weighted by Crippen LogP contribution is 2.47. The largest absolute Gasteiger partial charge is 0.381 e. The van der Waals surface area contributed by atoms with E-state index in [9.17, 15) is 0 Å². The summed E-state index contributed by atoms with van der Waals surface area (Å²) in [6.45, 7) is 5.62. The van der Waals surface area contributed by atoms with Crippen molar-refractivity contribution in [2.24, 2.45) is 17.8 Å². The van der Waals surface area contributed by atoms with Crippen molar-refractivity contribution in [3.8, 4) is 11.3 Å². The molecule has 136 valence electrons. The Kier molecular flexibility index (Phi) is 4.35. The average molecular weight is 350 g/mol. The number of ether oxygens (including phenoxy) is 1. The molecule has 1 aromatic heterocycles. The predicted octanol–water partition coefficient (Wildman–Crippen LogP) is 2.91. The van der Waals surface area contributed by atoms with Crippen LogP contribution < -0.4 is 5.32 Å². The second-order valence-electron chi connectivity index (χ2n) is 7.94. The van der Waals surface area contributed by atoms with E-state index in [4.69, 9.17) is 4.74 Å². The highest BCUT2D eigenvalue weighted by atomic mass is 16.5. The van der Waals surface area contributed by atoms with Gasteiger partial charge in [-0.25, -0.2) is 0 Å². The maximum atomic E-state index is 5.47. The second kappa shape index (κ2) is 6.97. The molecular weight excluding hydrogens is 324 g/mol. The van der Waals surface area contributed by atoms with Crippen molar-refractivity contribution in [1.29, 1.82) is 0 Å². The lowest BCUT2D eigenvalue weighted by Crippen LogP contribution is -2.34. The number of likely N-dealkylation sites (tertiary alicyclic amines) is 1. The van der Waals surface area contributed by atoms with Crippen molar-refractivity contribution in [2.75, 3.05) is 38.2 Å². The van der Waals surface area contributed by atoms with Gasteiger partial charge in [0.2, 0.25) is 0 Å². The van der Waals surface area contributed by atoms with Gasteiger partial charge in [0.05, 0.1) is 5.69 Å². The lowest BCUT2D eigenvalue weighted by atomic mass is 10.00. The Morgan fingerprint density at radius 1 is 0.962 bits per heavy atom. The first-order chi connectivity index (χ1) is 12.9. The third-order valence-electron chi connectivity index (χ3n) is 6.18. The number of piperidine rings is 1. The minimum absolute atomic E-state index is 0.581. The molecule has 1 unspecified atom stereocenters. The Labute approximate surface area is 154 Å². The van der Waals surface area contributed by atoms with Gasteiger partial charge in [-0.1, -0.05) is 30.3 Å². The molecule has 0 bridgehead atoms. The van der Waals surface area contributed by atoms with Crippen LogP contribution in [0.15, 0.2) is 42.5 Å². The van der Waals surface area contributed by atoms with Crippen molar-refractivity contribution in [2.45, 2.75) is 18.9 Å². The van der Waals surface area contributed by atoms with Gasteiger partial charge in [0.15, 0.2) is 0 Å². The Morgan fingerprint density at radius 3 is 2.42 bits per heavy atom. The van der Waals surface area contributed by atoms with Crippen LogP contribution in [0, 0.1) is 17.8 Å². The molecule has 3 fully saturated rings. The van der Waals surface area contributed by atoms with E-state index in [0.717, 1.165) is 48.0 Å². The first kappa shape index (κ1) is 16.2. The minimum atomic E-state index is 0.581. The number of rotatable bonds is 5. The molecule has 26 heavy (non-hydrogen) atoms. The number of nitrogens with zero attached hydrogens (tertiary/aromatic N) is 3. The van der Waals surface area contributed by atoms with Crippen LogP contribution in [0.25, 0.3) is 11.3 Å². The zero-order chi connectivity index (χ0) is 17.3. The SMILES string of the molecule is c1ccc(-c2ccc(NC3[C@H]4CN(CC5CCOCC5)C[C@@H]34)nn2)cc1. The number of fused-ring (bicyclic) bond motifs is 1. The fourth-order valence-electron chi connectivity index (χ4n) is 4.61. The first-order valence-corrected chi connectivity index (χ1v) is 9.82. The average Bonchev–Trinajstić information content (AvgIpc) is 3.13. The maximum Gasteiger partial charge on any atom is 0.148 e. The van der Waals surface area contributed by atoms with Crippen molar-refractivity contribution < 1.29 is 4.74 Å². The maximum absolute atomic E-state index is 5.47. The van der Waals surface area contributed by atoms with E-state index >= 15 is 0 Å². The van der Waals surface area contributed by atoms with Gasteiger partial charge in [-0.3, -0.25) is 0 Å². The fourth-order valence-corrected chi connectivity index (χ4v) is 4.61. The van der Waals surface area contributed by atoms with E-state index < -0.39 is 0 Å². The van der Waals surface area contributed by atoms with Gasteiger partial charge < -0.3 is 15.0 Å². The van der Waals surface area contributed by atoms with Gasteiger partial charge in [0.1, 0.15) is 5.82 Å². The summed E-state index contributed by atoms with van der Waals surface area (Å²) in [6, 6.07) is 14.9. The number of hydrogen-bond acceptors (Lipinski definition) is 5. The van der Waals surface area contributed by atoms with Crippen molar-refractivity contribution >= 4 is 5.82 Å². The molecule has 1 N–H and O–H groups in total. The van der Waals surface area contributed by atoms with Crippen LogP contribution in [0.3, 0.4) is 0 Å². The summed E-state index contributed by atoms with van der Waals surface area (Å²) in [5.41, 5.74) is 2.04. The molecule has 1 saturated carbocycles. The summed E-state index contributed by atoms with van der Waals surface area (Å²) in [4.78, 5) is 2.66.